The molecule has 1 aromatic heterocycles. The van der Waals surface area contributed by atoms with Crippen LogP contribution in [0.3, 0.4) is 0 Å². The molecule has 1 heterocycles. The van der Waals surface area contributed by atoms with Gasteiger partial charge in [-0.2, -0.15) is 0 Å². The number of amides is 1. The molecule has 0 spiro atoms. The van der Waals surface area contributed by atoms with E-state index in [1.807, 2.05) is 0 Å². The van der Waals surface area contributed by atoms with Gasteiger partial charge in [0.15, 0.2) is 5.54 Å². The molecule has 1 aromatic rings. The fourth-order valence-corrected chi connectivity index (χ4v) is 1.60. The summed E-state index contributed by atoms with van der Waals surface area (Å²) in [6.07, 6.45) is 2.90. The van der Waals surface area contributed by atoms with Crippen LogP contribution in [0.25, 0.3) is 0 Å². The van der Waals surface area contributed by atoms with Crippen molar-refractivity contribution in [1.29, 1.82) is 0 Å². The summed E-state index contributed by atoms with van der Waals surface area (Å²) in [4.78, 5) is 32.0. The minimum Gasteiger partial charge on any atom is -0.479 e. The van der Waals surface area contributed by atoms with E-state index in [1.165, 1.54) is 33.3 Å². The Kier molecular flexibility index (Phi) is 3.45. The van der Waals surface area contributed by atoms with E-state index < -0.39 is 11.5 Å². The zero-order chi connectivity index (χ0) is 13.2. The van der Waals surface area contributed by atoms with Crippen molar-refractivity contribution in [3.63, 3.8) is 0 Å². The lowest BCUT2D eigenvalue weighted by atomic mass is 9.94. The number of aromatic nitrogens is 2. The molecule has 1 unspecified atom stereocenters. The first kappa shape index (κ1) is 13.1. The number of carboxylic acid groups (broad SMARTS) is 1. The molecule has 1 rings (SSSR count). The van der Waals surface area contributed by atoms with Crippen LogP contribution in [0.4, 0.5) is 0 Å². The summed E-state index contributed by atoms with van der Waals surface area (Å²) in [5.74, 6) is -1.49. The fourth-order valence-electron chi connectivity index (χ4n) is 1.60. The molecule has 0 fully saturated rings. The third kappa shape index (κ3) is 2.11. The highest BCUT2D eigenvalue weighted by Crippen LogP contribution is 2.27. The van der Waals surface area contributed by atoms with E-state index in [-0.39, 0.29) is 11.6 Å². The number of carboxylic acids is 1. The largest absolute Gasteiger partial charge is 0.479 e. The molecule has 0 saturated heterocycles. The van der Waals surface area contributed by atoms with Crippen LogP contribution in [0.2, 0.25) is 0 Å². The molecule has 0 aliphatic rings. The Hall–Kier alpha value is -1.98. The lowest BCUT2D eigenvalue weighted by Crippen LogP contribution is -2.50. The number of carbonyl (C=O) groups excluding carboxylic acids is 1. The van der Waals surface area contributed by atoms with E-state index >= 15 is 0 Å². The highest BCUT2D eigenvalue weighted by atomic mass is 16.4. The average molecular weight is 237 g/mol. The van der Waals surface area contributed by atoms with E-state index in [4.69, 9.17) is 0 Å². The topological polar surface area (TPSA) is 83.4 Å². The number of carbonyl (C=O) groups is 2. The van der Waals surface area contributed by atoms with Crippen LogP contribution in [0, 0.1) is 6.92 Å². The molecule has 1 atom stereocenters. The summed E-state index contributed by atoms with van der Waals surface area (Å²) in [6.45, 7) is 4.41. The van der Waals surface area contributed by atoms with Crippen LogP contribution < -0.4 is 0 Å². The Labute approximate surface area is 99.3 Å². The van der Waals surface area contributed by atoms with Crippen LogP contribution in [0.15, 0.2) is 12.4 Å². The molecule has 92 valence electrons. The van der Waals surface area contributed by atoms with Crippen molar-refractivity contribution in [3.05, 3.63) is 23.8 Å². The number of rotatable bonds is 3. The quantitative estimate of drug-likeness (QED) is 0.830. The molecule has 17 heavy (non-hydrogen) atoms. The summed E-state index contributed by atoms with van der Waals surface area (Å²) in [5, 5.41) is 9.37. The Bertz CT molecular complexity index is 461. The molecular formula is C11H15N3O3. The highest BCUT2D eigenvalue weighted by Gasteiger charge is 2.43. The normalized spacial score (nSPS) is 13.9. The van der Waals surface area contributed by atoms with Crippen LogP contribution in [0.5, 0.6) is 0 Å². The maximum Gasteiger partial charge on any atom is 0.335 e. The van der Waals surface area contributed by atoms with Gasteiger partial charge in [0.1, 0.15) is 0 Å². The van der Waals surface area contributed by atoms with Crippen LogP contribution >= 0.6 is 0 Å². The van der Waals surface area contributed by atoms with Crippen molar-refractivity contribution >= 4 is 11.9 Å². The van der Waals surface area contributed by atoms with Gasteiger partial charge in [-0.25, -0.2) is 4.79 Å². The van der Waals surface area contributed by atoms with E-state index in [1.54, 1.807) is 6.92 Å². The smallest absolute Gasteiger partial charge is 0.335 e. The molecule has 0 saturated carbocycles. The van der Waals surface area contributed by atoms with Gasteiger partial charge in [-0.05, 0) is 13.8 Å². The predicted octanol–water partition coefficient (Wildman–Crippen LogP) is 0.563. The maximum atomic E-state index is 11.5. The average Bonchev–Trinajstić information content (AvgIpc) is 2.27. The minimum absolute atomic E-state index is 0.269. The number of hydrogen-bond acceptors (Lipinski definition) is 4. The lowest BCUT2D eigenvalue weighted by Gasteiger charge is -2.34. The van der Waals surface area contributed by atoms with Crippen molar-refractivity contribution in [2.75, 3.05) is 7.05 Å². The van der Waals surface area contributed by atoms with Crippen LogP contribution in [0.1, 0.15) is 25.2 Å². The molecule has 1 amide bonds. The molecule has 0 bridgehead atoms. The Morgan fingerprint density at radius 2 is 1.88 bits per heavy atom. The summed E-state index contributed by atoms with van der Waals surface area (Å²) < 4.78 is 0. The number of aliphatic carboxylic acids is 1. The van der Waals surface area contributed by atoms with Gasteiger partial charge >= 0.3 is 5.97 Å². The van der Waals surface area contributed by atoms with E-state index in [0.29, 0.717) is 5.69 Å². The number of likely N-dealkylation sites (N-methyl/N-ethyl adjacent to an activating group) is 1. The fraction of sp³-hybridized carbons (Fsp3) is 0.455. The third-order valence-corrected chi connectivity index (χ3v) is 2.90. The first-order chi connectivity index (χ1) is 7.81. The molecule has 0 aromatic carbocycles. The van der Waals surface area contributed by atoms with Crippen molar-refractivity contribution in [1.82, 2.24) is 14.9 Å². The van der Waals surface area contributed by atoms with Gasteiger partial charge in [0.25, 0.3) is 0 Å². The Morgan fingerprint density at radius 1 is 1.35 bits per heavy atom. The van der Waals surface area contributed by atoms with E-state index in [0.717, 1.165) is 4.90 Å². The maximum absolute atomic E-state index is 11.5. The monoisotopic (exact) mass is 237 g/mol. The molecule has 1 N–H and O–H groups in total. The van der Waals surface area contributed by atoms with Gasteiger partial charge in [-0.15, -0.1) is 0 Å². The summed E-state index contributed by atoms with van der Waals surface area (Å²) in [5.41, 5.74) is -0.750. The van der Waals surface area contributed by atoms with Crippen molar-refractivity contribution in [2.24, 2.45) is 0 Å². The first-order valence-electron chi connectivity index (χ1n) is 5.07. The number of nitrogens with zero attached hydrogens (tertiary/aromatic N) is 3. The van der Waals surface area contributed by atoms with Crippen LogP contribution in [-0.4, -0.2) is 38.9 Å². The van der Waals surface area contributed by atoms with E-state index in [2.05, 4.69) is 9.97 Å². The van der Waals surface area contributed by atoms with Gasteiger partial charge in [0.2, 0.25) is 5.91 Å². The molecule has 0 radical (unpaired) electrons. The van der Waals surface area contributed by atoms with Crippen LogP contribution in [-0.2, 0) is 15.1 Å². The van der Waals surface area contributed by atoms with Crippen molar-refractivity contribution < 1.29 is 14.7 Å². The molecule has 0 aliphatic heterocycles. The second-order valence-corrected chi connectivity index (χ2v) is 3.95. The summed E-state index contributed by atoms with van der Waals surface area (Å²) in [7, 11) is 1.44. The van der Waals surface area contributed by atoms with Gasteiger partial charge in [0.05, 0.1) is 11.4 Å². The lowest BCUT2D eigenvalue weighted by molar-refractivity contribution is -0.157. The van der Waals surface area contributed by atoms with Gasteiger partial charge in [0, 0.05) is 26.4 Å². The molecule has 6 nitrogen and oxygen atoms in total. The molecular weight excluding hydrogens is 222 g/mol. The van der Waals surface area contributed by atoms with Crippen molar-refractivity contribution in [2.45, 2.75) is 26.3 Å². The standard InChI is InChI=1S/C11H15N3O3/c1-7-9(13-6-5-12-7)11(3,10(16)17)14(4)8(2)15/h5-6H,1-4H3,(H,16,17). The van der Waals surface area contributed by atoms with Gasteiger partial charge in [-0.1, -0.05) is 0 Å². The Morgan fingerprint density at radius 3 is 2.29 bits per heavy atom. The summed E-state index contributed by atoms with van der Waals surface area (Å²) in [6, 6.07) is 0. The van der Waals surface area contributed by atoms with Crippen molar-refractivity contribution in [3.8, 4) is 0 Å². The predicted molar refractivity (Wildman–Crippen MR) is 60.2 cm³/mol. The number of aryl methyl sites for hydroxylation is 1. The zero-order valence-electron chi connectivity index (χ0n) is 10.3. The Balaban J connectivity index is 3.41. The first-order valence-corrected chi connectivity index (χ1v) is 5.07. The van der Waals surface area contributed by atoms with Gasteiger partial charge in [-0.3, -0.25) is 14.8 Å². The summed E-state index contributed by atoms with van der Waals surface area (Å²) >= 11 is 0. The minimum atomic E-state index is -1.51. The number of hydrogen-bond donors (Lipinski definition) is 1. The van der Waals surface area contributed by atoms with E-state index in [9.17, 15) is 14.7 Å². The second-order valence-electron chi connectivity index (χ2n) is 3.95. The molecule has 0 aliphatic carbocycles. The highest BCUT2D eigenvalue weighted by molar-refractivity contribution is 5.86. The second kappa shape index (κ2) is 4.48. The van der Waals surface area contributed by atoms with Gasteiger partial charge < -0.3 is 10.0 Å². The zero-order valence-corrected chi connectivity index (χ0v) is 10.3. The molecule has 6 heteroatoms. The SMILES string of the molecule is CC(=O)N(C)C(C)(C(=O)O)c1nccnc1C. The third-order valence-electron chi connectivity index (χ3n) is 2.90.